The largest absolute Gasteiger partial charge is 0.401 e. The number of halogens is 3. The van der Waals surface area contributed by atoms with Crippen molar-refractivity contribution in [3.05, 3.63) is 34.9 Å². The van der Waals surface area contributed by atoms with Crippen molar-refractivity contribution in [3.8, 4) is 0 Å². The molecular formula is C14H20F3NO. The summed E-state index contributed by atoms with van der Waals surface area (Å²) >= 11 is 0. The summed E-state index contributed by atoms with van der Waals surface area (Å²) in [7, 11) is 1.40. The quantitative estimate of drug-likeness (QED) is 0.892. The molecule has 0 heterocycles. The van der Waals surface area contributed by atoms with Crippen LogP contribution in [0.1, 0.15) is 29.2 Å². The number of hydrogen-bond donors (Lipinski definition) is 1. The summed E-state index contributed by atoms with van der Waals surface area (Å²) in [6.07, 6.45) is -4.64. The minimum absolute atomic E-state index is 0.202. The second kappa shape index (κ2) is 6.39. The smallest absolute Gasteiger partial charge is 0.388 e. The number of rotatable bonds is 5. The van der Waals surface area contributed by atoms with Crippen molar-refractivity contribution in [2.24, 2.45) is 0 Å². The van der Waals surface area contributed by atoms with Gasteiger partial charge in [0.05, 0.1) is 12.6 Å². The molecular weight excluding hydrogens is 255 g/mol. The van der Waals surface area contributed by atoms with Crippen LogP contribution in [0.15, 0.2) is 18.2 Å². The number of alkyl halides is 3. The standard InChI is InChI=1S/C14H20F3NO/c1-10-6-11(2)8-12(7-10)13(19)4-5-18(3)9-14(15,16)17/h6-8,13,19H,4-5,9H2,1-3H3. The van der Waals surface area contributed by atoms with Gasteiger partial charge in [-0.15, -0.1) is 0 Å². The van der Waals surface area contributed by atoms with E-state index in [0.717, 1.165) is 16.7 Å². The molecule has 0 radical (unpaired) electrons. The number of benzene rings is 1. The van der Waals surface area contributed by atoms with E-state index in [-0.39, 0.29) is 13.0 Å². The van der Waals surface area contributed by atoms with Crippen LogP contribution in [0.3, 0.4) is 0 Å². The molecule has 19 heavy (non-hydrogen) atoms. The Labute approximate surface area is 111 Å². The fourth-order valence-corrected chi connectivity index (χ4v) is 2.10. The van der Waals surface area contributed by atoms with Gasteiger partial charge >= 0.3 is 6.18 Å². The first kappa shape index (κ1) is 16.0. The van der Waals surface area contributed by atoms with Crippen LogP contribution in [0.4, 0.5) is 13.2 Å². The molecule has 5 heteroatoms. The highest BCUT2D eigenvalue weighted by Gasteiger charge is 2.29. The molecule has 0 amide bonds. The molecule has 1 aromatic rings. The van der Waals surface area contributed by atoms with Crippen LogP contribution in [0.5, 0.6) is 0 Å². The SMILES string of the molecule is Cc1cc(C)cc(C(O)CCN(C)CC(F)(F)F)c1. The number of aliphatic hydroxyl groups excluding tert-OH is 1. The summed E-state index contributed by atoms with van der Waals surface area (Å²) in [6, 6.07) is 5.72. The molecule has 0 aliphatic heterocycles. The van der Waals surface area contributed by atoms with Crippen LogP contribution in [0, 0.1) is 13.8 Å². The summed E-state index contributed by atoms with van der Waals surface area (Å²) in [5.41, 5.74) is 2.84. The Morgan fingerprint density at radius 3 is 2.16 bits per heavy atom. The number of aliphatic hydroxyl groups is 1. The minimum Gasteiger partial charge on any atom is -0.388 e. The van der Waals surface area contributed by atoms with Crippen LogP contribution >= 0.6 is 0 Å². The fraction of sp³-hybridized carbons (Fsp3) is 0.571. The predicted molar refractivity (Wildman–Crippen MR) is 69.0 cm³/mol. The second-order valence-electron chi connectivity index (χ2n) is 5.08. The van der Waals surface area contributed by atoms with Gasteiger partial charge in [-0.05, 0) is 32.9 Å². The Hall–Kier alpha value is -1.07. The van der Waals surface area contributed by atoms with E-state index in [1.54, 1.807) is 0 Å². The molecule has 1 rings (SSSR count). The number of hydrogen-bond acceptors (Lipinski definition) is 2. The van der Waals surface area contributed by atoms with E-state index in [0.29, 0.717) is 0 Å². The first-order chi connectivity index (χ1) is 8.67. The van der Waals surface area contributed by atoms with Gasteiger partial charge in [-0.3, -0.25) is 4.90 Å². The van der Waals surface area contributed by atoms with E-state index in [1.165, 1.54) is 11.9 Å². The lowest BCUT2D eigenvalue weighted by Crippen LogP contribution is -2.32. The van der Waals surface area contributed by atoms with Crippen LogP contribution in [0.25, 0.3) is 0 Å². The van der Waals surface area contributed by atoms with E-state index in [9.17, 15) is 18.3 Å². The molecule has 0 aliphatic rings. The molecule has 0 fully saturated rings. The highest BCUT2D eigenvalue weighted by atomic mass is 19.4. The van der Waals surface area contributed by atoms with Crippen molar-refractivity contribution in [3.63, 3.8) is 0 Å². The van der Waals surface area contributed by atoms with E-state index in [1.807, 2.05) is 32.0 Å². The van der Waals surface area contributed by atoms with Gasteiger partial charge in [0.2, 0.25) is 0 Å². The first-order valence-corrected chi connectivity index (χ1v) is 6.19. The van der Waals surface area contributed by atoms with Crippen molar-refractivity contribution >= 4 is 0 Å². The summed E-state index contributed by atoms with van der Waals surface area (Å²) in [5.74, 6) is 0. The molecule has 0 aliphatic carbocycles. The average Bonchev–Trinajstić information content (AvgIpc) is 2.22. The highest BCUT2D eigenvalue weighted by Crippen LogP contribution is 2.21. The van der Waals surface area contributed by atoms with Crippen LogP contribution in [-0.4, -0.2) is 36.3 Å². The third-order valence-electron chi connectivity index (χ3n) is 2.86. The molecule has 1 N–H and O–H groups in total. The van der Waals surface area contributed by atoms with Gasteiger partial charge in [0.1, 0.15) is 0 Å². The van der Waals surface area contributed by atoms with Crippen molar-refractivity contribution in [1.29, 1.82) is 0 Å². The maximum atomic E-state index is 12.2. The molecule has 1 unspecified atom stereocenters. The van der Waals surface area contributed by atoms with Crippen molar-refractivity contribution < 1.29 is 18.3 Å². The first-order valence-electron chi connectivity index (χ1n) is 6.19. The summed E-state index contributed by atoms with van der Waals surface area (Å²) in [6.45, 7) is 3.11. The summed E-state index contributed by atoms with van der Waals surface area (Å²) < 4.78 is 36.5. The van der Waals surface area contributed by atoms with Crippen LogP contribution in [-0.2, 0) is 0 Å². The molecule has 1 aromatic carbocycles. The maximum Gasteiger partial charge on any atom is 0.401 e. The van der Waals surface area contributed by atoms with Gasteiger partial charge in [-0.1, -0.05) is 29.3 Å². The van der Waals surface area contributed by atoms with Crippen LogP contribution in [0.2, 0.25) is 0 Å². The molecule has 0 aromatic heterocycles. The zero-order valence-electron chi connectivity index (χ0n) is 11.5. The van der Waals surface area contributed by atoms with Crippen LogP contribution < -0.4 is 0 Å². The number of nitrogens with zero attached hydrogens (tertiary/aromatic N) is 1. The average molecular weight is 275 g/mol. The Balaban J connectivity index is 2.53. The van der Waals surface area contributed by atoms with Crippen molar-refractivity contribution in [2.45, 2.75) is 32.5 Å². The van der Waals surface area contributed by atoms with Gasteiger partial charge in [0.25, 0.3) is 0 Å². The molecule has 0 saturated heterocycles. The lowest BCUT2D eigenvalue weighted by molar-refractivity contribution is -0.143. The fourth-order valence-electron chi connectivity index (χ4n) is 2.10. The zero-order valence-corrected chi connectivity index (χ0v) is 11.5. The third-order valence-corrected chi connectivity index (χ3v) is 2.86. The predicted octanol–water partition coefficient (Wildman–Crippen LogP) is 3.22. The van der Waals surface area contributed by atoms with E-state index >= 15 is 0 Å². The molecule has 0 saturated carbocycles. The van der Waals surface area contributed by atoms with Gasteiger partial charge < -0.3 is 5.11 Å². The second-order valence-corrected chi connectivity index (χ2v) is 5.08. The molecule has 1 atom stereocenters. The molecule has 108 valence electrons. The third kappa shape index (κ3) is 6.07. The molecule has 2 nitrogen and oxygen atoms in total. The Kier molecular flexibility index (Phi) is 5.38. The van der Waals surface area contributed by atoms with E-state index < -0.39 is 18.8 Å². The zero-order chi connectivity index (χ0) is 14.6. The summed E-state index contributed by atoms with van der Waals surface area (Å²) in [4.78, 5) is 1.17. The highest BCUT2D eigenvalue weighted by molar-refractivity contribution is 5.29. The maximum absolute atomic E-state index is 12.2. The van der Waals surface area contributed by atoms with E-state index in [4.69, 9.17) is 0 Å². The van der Waals surface area contributed by atoms with Crippen molar-refractivity contribution in [1.82, 2.24) is 4.90 Å². The summed E-state index contributed by atoms with van der Waals surface area (Å²) in [5, 5.41) is 10.0. The van der Waals surface area contributed by atoms with Crippen molar-refractivity contribution in [2.75, 3.05) is 20.1 Å². The molecule has 0 bridgehead atoms. The Morgan fingerprint density at radius 1 is 1.16 bits per heavy atom. The lowest BCUT2D eigenvalue weighted by Gasteiger charge is -2.20. The monoisotopic (exact) mass is 275 g/mol. The van der Waals surface area contributed by atoms with Gasteiger partial charge in [0.15, 0.2) is 0 Å². The minimum atomic E-state index is -4.19. The molecule has 0 spiro atoms. The topological polar surface area (TPSA) is 23.5 Å². The lowest BCUT2D eigenvalue weighted by atomic mass is 10.0. The number of aryl methyl sites for hydroxylation is 2. The van der Waals surface area contributed by atoms with Gasteiger partial charge in [0, 0.05) is 6.54 Å². The van der Waals surface area contributed by atoms with Gasteiger partial charge in [-0.25, -0.2) is 0 Å². The Morgan fingerprint density at radius 2 is 1.68 bits per heavy atom. The van der Waals surface area contributed by atoms with Gasteiger partial charge in [-0.2, -0.15) is 13.2 Å². The normalized spacial score (nSPS) is 13.9. The van der Waals surface area contributed by atoms with E-state index in [2.05, 4.69) is 0 Å². The Bertz CT molecular complexity index is 397.